The molecule has 1 aromatic rings. The number of hydrogen-bond donors (Lipinski definition) is 3. The number of ether oxygens (including phenoxy) is 2. The Bertz CT molecular complexity index is 474. The Labute approximate surface area is 137 Å². The first-order valence-electron chi connectivity index (χ1n) is 7.78. The van der Waals surface area contributed by atoms with Gasteiger partial charge in [-0.05, 0) is 56.9 Å². The van der Waals surface area contributed by atoms with E-state index in [4.69, 9.17) is 19.7 Å². The lowest BCUT2D eigenvalue weighted by molar-refractivity contribution is 0.0526. The van der Waals surface area contributed by atoms with Gasteiger partial charge in [0.2, 0.25) is 0 Å². The molecule has 1 rings (SSSR count). The standard InChI is InChI=1S/C17H27NO5/c1-17(2,3)23-16(21)18-6-4-5-7-22-15-9-13(11-19)8-14(10-15)12-20/h8-10,19-20H,4-7,11-12H2,1-3H3,(H,18,21). The number of aliphatic hydroxyl groups excluding tert-OH is 2. The Balaban J connectivity index is 2.24. The topological polar surface area (TPSA) is 88.0 Å². The van der Waals surface area contributed by atoms with Crippen molar-refractivity contribution in [2.75, 3.05) is 13.2 Å². The number of alkyl carbamates (subject to hydrolysis) is 1. The van der Waals surface area contributed by atoms with Crippen LogP contribution >= 0.6 is 0 Å². The highest BCUT2D eigenvalue weighted by Crippen LogP contribution is 2.18. The molecule has 0 aliphatic rings. The molecule has 0 saturated carbocycles. The van der Waals surface area contributed by atoms with E-state index < -0.39 is 11.7 Å². The number of unbranched alkanes of at least 4 members (excludes halogenated alkanes) is 1. The van der Waals surface area contributed by atoms with Gasteiger partial charge in [0.1, 0.15) is 11.4 Å². The van der Waals surface area contributed by atoms with E-state index >= 15 is 0 Å². The molecule has 0 saturated heterocycles. The number of rotatable bonds is 8. The van der Waals surface area contributed by atoms with E-state index in [9.17, 15) is 4.79 Å². The third-order valence-corrected chi connectivity index (χ3v) is 2.90. The molecular formula is C17H27NO5. The fourth-order valence-corrected chi connectivity index (χ4v) is 1.92. The lowest BCUT2D eigenvalue weighted by atomic mass is 10.1. The third kappa shape index (κ3) is 8.42. The number of carbonyl (C=O) groups excluding carboxylic acids is 1. The molecule has 0 bridgehead atoms. The quantitative estimate of drug-likeness (QED) is 0.639. The summed E-state index contributed by atoms with van der Waals surface area (Å²) in [6.45, 7) is 6.30. The van der Waals surface area contributed by atoms with E-state index in [0.717, 1.165) is 12.8 Å². The number of aliphatic hydroxyl groups is 2. The van der Waals surface area contributed by atoms with Gasteiger partial charge in [0.05, 0.1) is 19.8 Å². The molecule has 0 aliphatic carbocycles. The van der Waals surface area contributed by atoms with Gasteiger partial charge < -0.3 is 25.0 Å². The van der Waals surface area contributed by atoms with Crippen molar-refractivity contribution in [3.05, 3.63) is 29.3 Å². The van der Waals surface area contributed by atoms with E-state index in [-0.39, 0.29) is 13.2 Å². The van der Waals surface area contributed by atoms with Crippen molar-refractivity contribution in [3.63, 3.8) is 0 Å². The third-order valence-electron chi connectivity index (χ3n) is 2.90. The molecule has 1 amide bonds. The highest BCUT2D eigenvalue weighted by Gasteiger charge is 2.15. The summed E-state index contributed by atoms with van der Waals surface area (Å²) in [6.07, 6.45) is 1.13. The van der Waals surface area contributed by atoms with Gasteiger partial charge in [0, 0.05) is 6.54 Å². The van der Waals surface area contributed by atoms with E-state index in [2.05, 4.69) is 5.32 Å². The smallest absolute Gasteiger partial charge is 0.407 e. The zero-order valence-corrected chi connectivity index (χ0v) is 14.1. The second-order valence-electron chi connectivity index (χ2n) is 6.29. The summed E-state index contributed by atoms with van der Waals surface area (Å²) in [6, 6.07) is 5.23. The highest BCUT2D eigenvalue weighted by atomic mass is 16.6. The van der Waals surface area contributed by atoms with Crippen LogP contribution < -0.4 is 10.1 Å². The van der Waals surface area contributed by atoms with Gasteiger partial charge in [0.15, 0.2) is 0 Å². The normalized spacial score (nSPS) is 11.2. The van der Waals surface area contributed by atoms with Crippen molar-refractivity contribution in [3.8, 4) is 5.75 Å². The lowest BCUT2D eigenvalue weighted by Gasteiger charge is -2.19. The van der Waals surface area contributed by atoms with Gasteiger partial charge in [0.25, 0.3) is 0 Å². The van der Waals surface area contributed by atoms with Crippen LogP contribution in [0.25, 0.3) is 0 Å². The monoisotopic (exact) mass is 325 g/mol. The highest BCUT2D eigenvalue weighted by molar-refractivity contribution is 5.67. The van der Waals surface area contributed by atoms with E-state index in [0.29, 0.717) is 30.0 Å². The minimum absolute atomic E-state index is 0.0932. The van der Waals surface area contributed by atoms with E-state index in [1.165, 1.54) is 0 Å². The largest absolute Gasteiger partial charge is 0.494 e. The van der Waals surface area contributed by atoms with Crippen molar-refractivity contribution in [1.29, 1.82) is 0 Å². The molecule has 0 aliphatic heterocycles. The maximum atomic E-state index is 11.4. The van der Waals surface area contributed by atoms with Crippen LogP contribution in [0.3, 0.4) is 0 Å². The summed E-state index contributed by atoms with van der Waals surface area (Å²) < 4.78 is 10.7. The Kier molecular flexibility index (Phi) is 7.85. The molecule has 0 aromatic heterocycles. The van der Waals surface area contributed by atoms with Gasteiger partial charge in [-0.1, -0.05) is 6.07 Å². The average Bonchev–Trinajstić information content (AvgIpc) is 2.48. The Morgan fingerprint density at radius 3 is 2.22 bits per heavy atom. The van der Waals surface area contributed by atoms with Crippen LogP contribution in [0, 0.1) is 0 Å². The Morgan fingerprint density at radius 1 is 1.09 bits per heavy atom. The maximum Gasteiger partial charge on any atom is 0.407 e. The van der Waals surface area contributed by atoms with Crippen LogP contribution in [-0.2, 0) is 18.0 Å². The van der Waals surface area contributed by atoms with Gasteiger partial charge in [-0.2, -0.15) is 0 Å². The minimum atomic E-state index is -0.491. The molecular weight excluding hydrogens is 298 g/mol. The fourth-order valence-electron chi connectivity index (χ4n) is 1.92. The van der Waals surface area contributed by atoms with Crippen molar-refractivity contribution >= 4 is 6.09 Å². The molecule has 0 atom stereocenters. The SMILES string of the molecule is CC(C)(C)OC(=O)NCCCCOc1cc(CO)cc(CO)c1. The van der Waals surface area contributed by atoms with Crippen molar-refractivity contribution in [2.45, 2.75) is 52.4 Å². The first kappa shape index (κ1) is 19.3. The summed E-state index contributed by atoms with van der Waals surface area (Å²) in [5.74, 6) is 0.626. The molecule has 23 heavy (non-hydrogen) atoms. The number of benzene rings is 1. The summed E-state index contributed by atoms with van der Waals surface area (Å²) in [7, 11) is 0. The molecule has 130 valence electrons. The summed E-state index contributed by atoms with van der Waals surface area (Å²) in [5, 5.41) is 21.0. The number of amides is 1. The first-order valence-corrected chi connectivity index (χ1v) is 7.78. The second-order valence-corrected chi connectivity index (χ2v) is 6.29. The molecule has 0 fully saturated rings. The zero-order valence-electron chi connectivity index (χ0n) is 14.1. The van der Waals surface area contributed by atoms with Crippen LogP contribution in [0.2, 0.25) is 0 Å². The number of nitrogens with one attached hydrogen (secondary N) is 1. The van der Waals surface area contributed by atoms with Crippen LogP contribution in [0.4, 0.5) is 4.79 Å². The average molecular weight is 325 g/mol. The molecule has 0 unspecified atom stereocenters. The van der Waals surface area contributed by atoms with Crippen LogP contribution in [0.15, 0.2) is 18.2 Å². The predicted octanol–water partition coefficient (Wildman–Crippen LogP) is 2.35. The summed E-state index contributed by atoms with van der Waals surface area (Å²) in [4.78, 5) is 11.4. The van der Waals surface area contributed by atoms with Crippen molar-refractivity contribution in [1.82, 2.24) is 5.32 Å². The summed E-state index contributed by atoms with van der Waals surface area (Å²) in [5.41, 5.74) is 0.922. The molecule has 0 spiro atoms. The van der Waals surface area contributed by atoms with Gasteiger partial charge >= 0.3 is 6.09 Å². The molecule has 6 nitrogen and oxygen atoms in total. The molecule has 0 radical (unpaired) electrons. The fraction of sp³-hybridized carbons (Fsp3) is 0.588. The molecule has 1 aromatic carbocycles. The lowest BCUT2D eigenvalue weighted by Crippen LogP contribution is -2.33. The Hall–Kier alpha value is -1.79. The minimum Gasteiger partial charge on any atom is -0.494 e. The van der Waals surface area contributed by atoms with Gasteiger partial charge in [-0.15, -0.1) is 0 Å². The van der Waals surface area contributed by atoms with Crippen LogP contribution in [0.5, 0.6) is 5.75 Å². The van der Waals surface area contributed by atoms with E-state index in [1.54, 1.807) is 18.2 Å². The number of hydrogen-bond acceptors (Lipinski definition) is 5. The zero-order chi connectivity index (χ0) is 17.3. The predicted molar refractivity (Wildman–Crippen MR) is 87.3 cm³/mol. The van der Waals surface area contributed by atoms with Crippen molar-refractivity contribution in [2.24, 2.45) is 0 Å². The molecule has 3 N–H and O–H groups in total. The molecule has 6 heteroatoms. The van der Waals surface area contributed by atoms with Crippen LogP contribution in [0.1, 0.15) is 44.7 Å². The number of carbonyl (C=O) groups is 1. The first-order chi connectivity index (χ1) is 10.8. The molecule has 0 heterocycles. The van der Waals surface area contributed by atoms with E-state index in [1.807, 2.05) is 20.8 Å². The van der Waals surface area contributed by atoms with Crippen LogP contribution in [-0.4, -0.2) is 35.1 Å². The maximum absolute atomic E-state index is 11.4. The second kappa shape index (κ2) is 9.37. The van der Waals surface area contributed by atoms with Gasteiger partial charge in [-0.25, -0.2) is 4.79 Å². The van der Waals surface area contributed by atoms with Crippen molar-refractivity contribution < 1.29 is 24.5 Å². The Morgan fingerprint density at radius 2 is 1.70 bits per heavy atom. The summed E-state index contributed by atoms with van der Waals surface area (Å²) >= 11 is 0. The van der Waals surface area contributed by atoms with Gasteiger partial charge in [-0.3, -0.25) is 0 Å².